The number of hydroxylamine groups is 1. The lowest BCUT2D eigenvalue weighted by Crippen LogP contribution is -2.30. The van der Waals surface area contributed by atoms with Crippen LogP contribution in [-0.2, 0) is 14.9 Å². The van der Waals surface area contributed by atoms with Gasteiger partial charge in [-0.3, -0.25) is 13.9 Å². The van der Waals surface area contributed by atoms with Crippen LogP contribution in [0.5, 0.6) is 0 Å². The molecule has 0 spiro atoms. The second-order valence-electron chi connectivity index (χ2n) is 6.42. The average Bonchev–Trinajstić information content (AvgIpc) is 3.53. The van der Waals surface area contributed by atoms with Gasteiger partial charge in [0, 0.05) is 18.3 Å². The van der Waals surface area contributed by atoms with Crippen molar-refractivity contribution in [3.05, 3.63) is 46.2 Å². The SMILES string of the molecule is CCONC(=O)c1cnc(Cl)cc1Nc1ccc(Cl)cc1N(C)S(=O)(=O)C1CC1. The molecule has 0 unspecified atom stereocenters. The third kappa shape index (κ3) is 4.92. The van der Waals surface area contributed by atoms with E-state index in [0.717, 1.165) is 0 Å². The minimum atomic E-state index is -3.50. The van der Waals surface area contributed by atoms with Crippen molar-refractivity contribution in [1.29, 1.82) is 0 Å². The van der Waals surface area contributed by atoms with Gasteiger partial charge in [0.2, 0.25) is 10.0 Å². The zero-order chi connectivity index (χ0) is 21.2. The molecule has 0 saturated heterocycles. The van der Waals surface area contributed by atoms with Gasteiger partial charge in [-0.05, 0) is 44.0 Å². The van der Waals surface area contributed by atoms with Crippen LogP contribution in [0.4, 0.5) is 17.1 Å². The van der Waals surface area contributed by atoms with E-state index in [1.165, 1.54) is 23.6 Å². The zero-order valence-corrected chi connectivity index (χ0v) is 18.1. The number of rotatable bonds is 8. The van der Waals surface area contributed by atoms with Crippen molar-refractivity contribution in [2.24, 2.45) is 0 Å². The Balaban J connectivity index is 1.99. The molecule has 156 valence electrons. The van der Waals surface area contributed by atoms with Crippen LogP contribution in [-0.4, -0.2) is 38.2 Å². The van der Waals surface area contributed by atoms with Crippen LogP contribution in [0.3, 0.4) is 0 Å². The predicted molar refractivity (Wildman–Crippen MR) is 113 cm³/mol. The molecular weight excluding hydrogens is 439 g/mol. The number of nitrogens with zero attached hydrogens (tertiary/aromatic N) is 2. The van der Waals surface area contributed by atoms with Crippen LogP contribution in [0.25, 0.3) is 0 Å². The first-order chi connectivity index (χ1) is 13.7. The molecule has 0 radical (unpaired) electrons. The third-order valence-electron chi connectivity index (χ3n) is 4.32. The molecule has 1 amide bonds. The first-order valence-electron chi connectivity index (χ1n) is 8.86. The van der Waals surface area contributed by atoms with Gasteiger partial charge in [-0.1, -0.05) is 23.2 Å². The molecule has 11 heteroatoms. The molecule has 1 heterocycles. The molecule has 1 fully saturated rings. The van der Waals surface area contributed by atoms with Crippen molar-refractivity contribution in [2.45, 2.75) is 25.0 Å². The number of amides is 1. The second-order valence-corrected chi connectivity index (χ2v) is 9.48. The summed E-state index contributed by atoms with van der Waals surface area (Å²) in [6.45, 7) is 2.02. The third-order valence-corrected chi connectivity index (χ3v) is 7.04. The molecule has 1 aliphatic carbocycles. The first kappa shape index (κ1) is 21.6. The summed E-state index contributed by atoms with van der Waals surface area (Å²) >= 11 is 12.1. The summed E-state index contributed by atoms with van der Waals surface area (Å²) in [6, 6.07) is 6.27. The quantitative estimate of drug-likeness (QED) is 0.461. The number of halogens is 2. The van der Waals surface area contributed by atoms with Gasteiger partial charge < -0.3 is 5.32 Å². The number of hydrogen-bond acceptors (Lipinski definition) is 6. The van der Waals surface area contributed by atoms with Gasteiger partial charge in [-0.15, -0.1) is 0 Å². The standard InChI is InChI=1S/C18H20Cl2N4O4S/c1-3-28-23-18(25)13-10-21-17(20)9-15(13)22-14-7-4-11(19)8-16(14)24(2)29(26,27)12-5-6-12/h4,7-10,12H,3,5-6H2,1-2H3,(H,21,22)(H,23,25). The Morgan fingerprint density at radius 1 is 1.28 bits per heavy atom. The number of sulfonamides is 1. The van der Waals surface area contributed by atoms with Gasteiger partial charge >= 0.3 is 0 Å². The number of anilines is 3. The summed E-state index contributed by atoms with van der Waals surface area (Å²) < 4.78 is 26.6. The minimum Gasteiger partial charge on any atom is -0.353 e. The highest BCUT2D eigenvalue weighted by molar-refractivity contribution is 7.93. The molecule has 1 saturated carbocycles. The van der Waals surface area contributed by atoms with E-state index in [1.807, 2.05) is 0 Å². The van der Waals surface area contributed by atoms with Crippen LogP contribution in [0.2, 0.25) is 10.2 Å². The molecular formula is C18H20Cl2N4O4S. The van der Waals surface area contributed by atoms with Crippen molar-refractivity contribution in [3.63, 3.8) is 0 Å². The molecule has 3 rings (SSSR count). The van der Waals surface area contributed by atoms with Crippen molar-refractivity contribution in [1.82, 2.24) is 10.5 Å². The minimum absolute atomic E-state index is 0.162. The molecule has 0 atom stereocenters. The maximum absolute atomic E-state index is 12.7. The average molecular weight is 459 g/mol. The van der Waals surface area contributed by atoms with E-state index in [-0.39, 0.29) is 16.0 Å². The summed E-state index contributed by atoms with van der Waals surface area (Å²) in [4.78, 5) is 21.3. The maximum Gasteiger partial charge on any atom is 0.278 e. The molecule has 1 aliphatic rings. The van der Waals surface area contributed by atoms with E-state index in [0.29, 0.717) is 41.5 Å². The summed E-state index contributed by atoms with van der Waals surface area (Å²) in [7, 11) is -2.02. The van der Waals surface area contributed by atoms with Crippen LogP contribution in [0, 0.1) is 0 Å². The van der Waals surface area contributed by atoms with Crippen LogP contribution in [0.15, 0.2) is 30.5 Å². The molecule has 2 aromatic rings. The largest absolute Gasteiger partial charge is 0.353 e. The number of carbonyl (C=O) groups excluding carboxylic acids is 1. The number of hydrogen-bond donors (Lipinski definition) is 2. The first-order valence-corrected chi connectivity index (χ1v) is 11.1. The Morgan fingerprint density at radius 3 is 2.66 bits per heavy atom. The molecule has 0 bridgehead atoms. The van der Waals surface area contributed by atoms with Gasteiger partial charge in [-0.25, -0.2) is 18.9 Å². The number of benzene rings is 1. The van der Waals surface area contributed by atoms with E-state index in [9.17, 15) is 13.2 Å². The van der Waals surface area contributed by atoms with Gasteiger partial charge in [0.15, 0.2) is 0 Å². The van der Waals surface area contributed by atoms with Gasteiger partial charge in [-0.2, -0.15) is 0 Å². The van der Waals surface area contributed by atoms with Crippen LogP contribution >= 0.6 is 23.2 Å². The summed E-state index contributed by atoms with van der Waals surface area (Å²) in [5.74, 6) is -0.520. The Hall–Kier alpha value is -2.07. The van der Waals surface area contributed by atoms with Crippen molar-refractivity contribution in [2.75, 3.05) is 23.3 Å². The van der Waals surface area contributed by atoms with Crippen molar-refractivity contribution < 1.29 is 18.0 Å². The topological polar surface area (TPSA) is 101 Å². The molecule has 1 aromatic heterocycles. The normalized spacial score (nSPS) is 13.8. The lowest BCUT2D eigenvalue weighted by Gasteiger charge is -2.23. The van der Waals surface area contributed by atoms with Gasteiger partial charge in [0.05, 0.1) is 34.5 Å². The summed E-state index contributed by atoms with van der Waals surface area (Å²) in [5, 5.41) is 3.23. The van der Waals surface area contributed by atoms with E-state index in [1.54, 1.807) is 25.1 Å². The molecule has 8 nitrogen and oxygen atoms in total. The number of nitrogens with one attached hydrogen (secondary N) is 2. The second kappa shape index (κ2) is 8.74. The molecule has 2 N–H and O–H groups in total. The summed E-state index contributed by atoms with van der Waals surface area (Å²) in [6.07, 6.45) is 2.58. The number of aromatic nitrogens is 1. The smallest absolute Gasteiger partial charge is 0.278 e. The van der Waals surface area contributed by atoms with E-state index in [2.05, 4.69) is 15.8 Å². The molecule has 29 heavy (non-hydrogen) atoms. The van der Waals surface area contributed by atoms with Crippen LogP contribution < -0.4 is 15.1 Å². The fourth-order valence-corrected chi connectivity index (χ4v) is 4.58. The van der Waals surface area contributed by atoms with Crippen molar-refractivity contribution in [3.8, 4) is 0 Å². The Morgan fingerprint density at radius 2 is 2.00 bits per heavy atom. The Labute approximate surface area is 179 Å². The maximum atomic E-state index is 12.7. The predicted octanol–water partition coefficient (Wildman–Crippen LogP) is 3.74. The van der Waals surface area contributed by atoms with E-state index < -0.39 is 15.9 Å². The van der Waals surface area contributed by atoms with Crippen LogP contribution in [0.1, 0.15) is 30.1 Å². The highest BCUT2D eigenvalue weighted by Crippen LogP contribution is 2.38. The monoisotopic (exact) mass is 458 g/mol. The fraction of sp³-hybridized carbons (Fsp3) is 0.333. The molecule has 0 aliphatic heterocycles. The lowest BCUT2D eigenvalue weighted by molar-refractivity contribution is 0.0365. The fourth-order valence-electron chi connectivity index (χ4n) is 2.65. The Kier molecular flexibility index (Phi) is 6.52. The summed E-state index contributed by atoms with van der Waals surface area (Å²) in [5.41, 5.74) is 3.61. The van der Waals surface area contributed by atoms with Crippen molar-refractivity contribution >= 4 is 56.2 Å². The highest BCUT2D eigenvalue weighted by Gasteiger charge is 2.39. The van der Waals surface area contributed by atoms with Gasteiger partial charge in [0.25, 0.3) is 5.91 Å². The zero-order valence-electron chi connectivity index (χ0n) is 15.8. The molecule has 1 aromatic carbocycles. The number of carbonyl (C=O) groups is 1. The van der Waals surface area contributed by atoms with E-state index in [4.69, 9.17) is 28.0 Å². The lowest BCUT2D eigenvalue weighted by atomic mass is 10.2. The number of pyridine rings is 1. The van der Waals surface area contributed by atoms with Gasteiger partial charge in [0.1, 0.15) is 5.15 Å². The van der Waals surface area contributed by atoms with E-state index >= 15 is 0 Å². The Bertz CT molecular complexity index is 1030. The highest BCUT2D eigenvalue weighted by atomic mass is 35.5.